The molecule has 0 spiro atoms. The number of nitrogens with two attached hydrogens (primary N) is 1. The summed E-state index contributed by atoms with van der Waals surface area (Å²) in [5.41, 5.74) is 8.02. The van der Waals surface area contributed by atoms with Crippen LogP contribution in [0.2, 0.25) is 0 Å². The maximum atomic E-state index is 14.6. The molecule has 5 unspecified atom stereocenters. The molecule has 2 saturated carbocycles. The van der Waals surface area contributed by atoms with Crippen LogP contribution in [-0.2, 0) is 29.6 Å². The van der Waals surface area contributed by atoms with Gasteiger partial charge in [0, 0.05) is 0 Å². The number of amides is 2. The molecule has 2 amide bonds. The first-order valence-electron chi connectivity index (χ1n) is 25.7. The van der Waals surface area contributed by atoms with Crippen molar-refractivity contribution in [3.05, 3.63) is 47.0 Å². The molecule has 11 nitrogen and oxygen atoms in total. The van der Waals surface area contributed by atoms with Gasteiger partial charge in [-0.05, 0) is 124 Å². The van der Waals surface area contributed by atoms with Crippen molar-refractivity contribution >= 4 is 25.3 Å². The van der Waals surface area contributed by atoms with Gasteiger partial charge in [-0.2, -0.15) is 0 Å². The normalized spacial score (nSPS) is 23.1. The molecule has 12 heteroatoms. The van der Waals surface area contributed by atoms with Crippen molar-refractivity contribution in [2.45, 2.75) is 219 Å². The number of hydrogen-bond acceptors (Lipinski definition) is 9. The number of benzene rings is 2. The fourth-order valence-corrected chi connectivity index (χ4v) is 12.9. The number of aryl methyl sites for hydroxylation is 1. The molecule has 0 bridgehead atoms. The average molecular weight is 925 g/mol. The van der Waals surface area contributed by atoms with E-state index in [1.807, 2.05) is 19.9 Å². The lowest BCUT2D eigenvalue weighted by atomic mass is 9.55. The summed E-state index contributed by atoms with van der Waals surface area (Å²) in [5.74, 6) is 0.588. The van der Waals surface area contributed by atoms with Crippen molar-refractivity contribution in [2.24, 2.45) is 23.0 Å². The number of carbonyl (C=O) groups excluding carboxylic acids is 2. The predicted octanol–water partition coefficient (Wildman–Crippen LogP) is 14.1. The number of rotatable bonds is 31. The summed E-state index contributed by atoms with van der Waals surface area (Å²) in [5, 5.41) is 13.3. The van der Waals surface area contributed by atoms with E-state index in [0.29, 0.717) is 23.5 Å². The van der Waals surface area contributed by atoms with Gasteiger partial charge in [-0.1, -0.05) is 130 Å². The number of primary amides is 1. The summed E-state index contributed by atoms with van der Waals surface area (Å²) in [6.07, 6.45) is 27.3. The van der Waals surface area contributed by atoms with Crippen LogP contribution >= 0.6 is 7.82 Å². The monoisotopic (exact) mass is 925 g/mol. The summed E-state index contributed by atoms with van der Waals surface area (Å²) in [6.45, 7) is 11.1. The fraction of sp³-hybridized carbons (Fsp3) is 0.736. The molecule has 2 aromatic rings. The number of unbranched alkanes of at least 4 members (excludes halogenated alkanes) is 14. The molecule has 3 aliphatic rings. The van der Waals surface area contributed by atoms with Crippen molar-refractivity contribution in [3.8, 4) is 17.2 Å². The Labute approximate surface area is 392 Å². The van der Waals surface area contributed by atoms with Crippen LogP contribution in [0.4, 0.5) is 5.69 Å². The molecular weight excluding hydrogens is 840 g/mol. The lowest BCUT2D eigenvalue weighted by molar-refractivity contribution is -0.119. The molecular formula is C53H85N2O9P. The first-order chi connectivity index (χ1) is 31.3. The smallest absolute Gasteiger partial charge is 0.505 e. The van der Waals surface area contributed by atoms with E-state index >= 15 is 0 Å². The second-order valence-electron chi connectivity index (χ2n) is 19.9. The Kier molecular flexibility index (Phi) is 21.5. The minimum Gasteiger partial charge on any atom is -0.505 e. The van der Waals surface area contributed by atoms with Crippen molar-refractivity contribution in [2.75, 3.05) is 19.0 Å². The lowest BCUT2D eigenvalue weighted by Crippen LogP contribution is -2.44. The largest absolute Gasteiger partial charge is 0.530 e. The predicted molar refractivity (Wildman–Crippen MR) is 261 cm³/mol. The zero-order chi connectivity index (χ0) is 46.8. The van der Waals surface area contributed by atoms with Crippen LogP contribution in [0.15, 0.2) is 30.3 Å². The van der Waals surface area contributed by atoms with E-state index in [1.165, 1.54) is 107 Å². The maximum absolute atomic E-state index is 14.6. The number of anilines is 1. The highest BCUT2D eigenvalue weighted by Crippen LogP contribution is 2.62. The number of hydrogen-bond donors (Lipinski definition) is 3. The molecule has 366 valence electrons. The van der Waals surface area contributed by atoms with E-state index in [-0.39, 0.29) is 59.7 Å². The van der Waals surface area contributed by atoms with Gasteiger partial charge in [0.1, 0.15) is 17.1 Å². The van der Waals surface area contributed by atoms with E-state index < -0.39 is 19.5 Å². The van der Waals surface area contributed by atoms with Gasteiger partial charge in [-0.3, -0.25) is 18.6 Å². The van der Waals surface area contributed by atoms with Crippen LogP contribution in [0.1, 0.15) is 216 Å². The highest BCUT2D eigenvalue weighted by atomic mass is 31.2. The molecule has 0 aliphatic heterocycles. The molecule has 2 aromatic carbocycles. The van der Waals surface area contributed by atoms with E-state index in [4.69, 9.17) is 28.8 Å². The van der Waals surface area contributed by atoms with Gasteiger partial charge in [-0.15, -0.1) is 0 Å². The molecule has 0 heterocycles. The molecule has 4 N–H and O–H groups in total. The number of aromatic hydroxyl groups is 1. The second kappa shape index (κ2) is 26.4. The van der Waals surface area contributed by atoms with Crippen molar-refractivity contribution in [3.63, 3.8) is 0 Å². The standard InChI is InChI=1S/C53H85N2O9P/c1-7-9-11-13-15-17-19-21-23-38(3)62-65(59,63-39(4)24-22-20-18-16-14-12-10-8-2)64-41-26-28-42-40(37-41)25-27-44-43(42)33-35-53(5)45(44)29-32-48(53)61-36-34-49(56)55-46-30-31-47(60-6)50(51(46)57)52(54)58/h26,28,30-31,37-39,43-45,48,57H,7-25,27,29,32-36H2,1-6H3,(H2,54,58)(H,55,56)/t38?,39?,43?,44?,45?,48-,53-,65?/m1/s1. The van der Waals surface area contributed by atoms with Crippen molar-refractivity contribution in [1.82, 2.24) is 0 Å². The third-order valence-corrected chi connectivity index (χ3v) is 16.6. The summed E-state index contributed by atoms with van der Waals surface area (Å²) < 4.78 is 45.2. The van der Waals surface area contributed by atoms with Crippen LogP contribution in [0.3, 0.4) is 0 Å². The van der Waals surface area contributed by atoms with Gasteiger partial charge in [0.15, 0.2) is 5.75 Å². The summed E-state index contributed by atoms with van der Waals surface area (Å²) in [4.78, 5) is 24.8. The Bertz CT molecular complexity index is 1810. The quantitative estimate of drug-likeness (QED) is 0.0381. The molecule has 0 aromatic heterocycles. The van der Waals surface area contributed by atoms with E-state index in [0.717, 1.165) is 77.0 Å². The molecule has 0 radical (unpaired) electrons. The Morgan fingerprint density at radius 3 is 2.02 bits per heavy atom. The minimum atomic E-state index is -3.91. The third-order valence-electron chi connectivity index (χ3n) is 14.9. The molecule has 0 saturated heterocycles. The van der Waals surface area contributed by atoms with Crippen LogP contribution in [0.25, 0.3) is 0 Å². The number of methoxy groups -OCH3 is 1. The summed E-state index contributed by atoms with van der Waals surface area (Å²) >= 11 is 0. The first kappa shape index (κ1) is 52.9. The van der Waals surface area contributed by atoms with Gasteiger partial charge >= 0.3 is 7.82 Å². The lowest BCUT2D eigenvalue weighted by Gasteiger charge is -2.50. The molecule has 7 atom stereocenters. The number of ether oxygens (including phenoxy) is 2. The fourth-order valence-electron chi connectivity index (χ4n) is 11.3. The van der Waals surface area contributed by atoms with Gasteiger partial charge in [0.25, 0.3) is 5.91 Å². The van der Waals surface area contributed by atoms with E-state index in [2.05, 4.69) is 38.2 Å². The molecule has 65 heavy (non-hydrogen) atoms. The van der Waals surface area contributed by atoms with Crippen molar-refractivity contribution in [1.29, 1.82) is 0 Å². The average Bonchev–Trinajstić information content (AvgIpc) is 3.61. The van der Waals surface area contributed by atoms with E-state index in [1.54, 1.807) is 0 Å². The van der Waals surface area contributed by atoms with Crippen LogP contribution < -0.4 is 20.3 Å². The van der Waals surface area contributed by atoms with Crippen molar-refractivity contribution < 1.29 is 42.3 Å². The Morgan fingerprint density at radius 2 is 1.43 bits per heavy atom. The Hall–Kier alpha value is -3.11. The van der Waals surface area contributed by atoms with Gasteiger partial charge in [-0.25, -0.2) is 4.57 Å². The molecule has 3 aliphatic carbocycles. The number of phosphoric ester groups is 1. The Morgan fingerprint density at radius 1 is 0.831 bits per heavy atom. The van der Waals surface area contributed by atoms with E-state index in [9.17, 15) is 19.3 Å². The maximum Gasteiger partial charge on any atom is 0.530 e. The number of phenols is 1. The highest BCUT2D eigenvalue weighted by molar-refractivity contribution is 7.49. The second-order valence-corrected chi connectivity index (χ2v) is 21.4. The number of fused-ring (bicyclic) bond motifs is 5. The van der Waals surface area contributed by atoms with Gasteiger partial charge < -0.3 is 30.2 Å². The molecule has 2 fully saturated rings. The number of phosphoric acid groups is 1. The van der Waals surface area contributed by atoms with Gasteiger partial charge in [0.05, 0.1) is 44.1 Å². The number of nitrogens with one attached hydrogen (secondary N) is 1. The molecule has 5 rings (SSSR count). The number of carbonyl (C=O) groups is 2. The first-order valence-corrected chi connectivity index (χ1v) is 27.2. The highest BCUT2D eigenvalue weighted by Gasteiger charge is 2.55. The topological polar surface area (TPSA) is 156 Å². The SMILES string of the molecule is CCCCCCCCCCC(C)OP(=O)(Oc1ccc2c(c1)CCC1C2CC[C@]2(C)C1CC[C@H]2OCCC(=O)Nc1ccc(OC)c(C(N)=O)c1O)OC(C)CCCCCCCCCC. The van der Waals surface area contributed by atoms with Crippen LogP contribution in [0.5, 0.6) is 17.2 Å². The Balaban J connectivity index is 1.15. The third kappa shape index (κ3) is 15.2. The zero-order valence-electron chi connectivity index (χ0n) is 41.0. The minimum absolute atomic E-state index is 0.0147. The van der Waals surface area contributed by atoms with Gasteiger partial charge in [0.2, 0.25) is 5.91 Å². The van der Waals surface area contributed by atoms with Crippen LogP contribution in [0, 0.1) is 17.3 Å². The summed E-state index contributed by atoms with van der Waals surface area (Å²) in [7, 11) is -2.54. The zero-order valence-corrected chi connectivity index (χ0v) is 41.9. The van der Waals surface area contributed by atoms with Crippen LogP contribution in [-0.4, -0.2) is 48.9 Å². The summed E-state index contributed by atoms with van der Waals surface area (Å²) in [6, 6.07) is 9.25.